The van der Waals surface area contributed by atoms with E-state index in [1.165, 1.54) is 18.2 Å². The number of phenolic OH excluding ortho intramolecular Hbond substituents is 1. The SMILES string of the molecule is O=c1c(CF)c(-c2ccccc2)oc2cc(O)ccc12. The molecule has 0 aliphatic carbocycles. The molecule has 20 heavy (non-hydrogen) atoms. The van der Waals surface area contributed by atoms with Crippen LogP contribution < -0.4 is 5.43 Å². The Kier molecular flexibility index (Phi) is 2.99. The van der Waals surface area contributed by atoms with Gasteiger partial charge in [-0.15, -0.1) is 0 Å². The second-order valence-electron chi connectivity index (χ2n) is 4.42. The zero-order valence-corrected chi connectivity index (χ0v) is 10.5. The molecule has 0 aliphatic rings. The van der Waals surface area contributed by atoms with Crippen LogP contribution in [-0.4, -0.2) is 5.11 Å². The number of benzene rings is 2. The number of alkyl halides is 1. The Balaban J connectivity index is 2.39. The van der Waals surface area contributed by atoms with Crippen LogP contribution in [0.25, 0.3) is 22.3 Å². The number of hydrogen-bond acceptors (Lipinski definition) is 3. The Morgan fingerprint density at radius 1 is 1.10 bits per heavy atom. The van der Waals surface area contributed by atoms with Crippen molar-refractivity contribution in [2.45, 2.75) is 6.67 Å². The summed E-state index contributed by atoms with van der Waals surface area (Å²) in [7, 11) is 0. The summed E-state index contributed by atoms with van der Waals surface area (Å²) in [6.45, 7) is -0.899. The van der Waals surface area contributed by atoms with Crippen molar-refractivity contribution in [1.29, 1.82) is 0 Å². The van der Waals surface area contributed by atoms with E-state index in [1.807, 2.05) is 6.07 Å². The topological polar surface area (TPSA) is 50.4 Å². The first-order chi connectivity index (χ1) is 9.70. The molecule has 0 saturated carbocycles. The Labute approximate surface area is 113 Å². The van der Waals surface area contributed by atoms with Gasteiger partial charge in [0.15, 0.2) is 5.43 Å². The Morgan fingerprint density at radius 2 is 1.85 bits per heavy atom. The van der Waals surface area contributed by atoms with E-state index in [1.54, 1.807) is 24.3 Å². The first-order valence-electron chi connectivity index (χ1n) is 6.11. The average Bonchev–Trinajstić information content (AvgIpc) is 2.47. The molecule has 0 spiro atoms. The molecule has 0 radical (unpaired) electrons. The van der Waals surface area contributed by atoms with Crippen LogP contribution >= 0.6 is 0 Å². The third-order valence-electron chi connectivity index (χ3n) is 3.14. The molecular formula is C16H11FO3. The van der Waals surface area contributed by atoms with Crippen LogP contribution in [-0.2, 0) is 6.67 Å². The van der Waals surface area contributed by atoms with E-state index in [2.05, 4.69) is 0 Å². The zero-order valence-electron chi connectivity index (χ0n) is 10.5. The lowest BCUT2D eigenvalue weighted by molar-refractivity contribution is 0.468. The molecule has 3 rings (SSSR count). The summed E-state index contributed by atoms with van der Waals surface area (Å²) in [6.07, 6.45) is 0. The van der Waals surface area contributed by atoms with Crippen LogP contribution in [0.2, 0.25) is 0 Å². The lowest BCUT2D eigenvalue weighted by Crippen LogP contribution is -2.09. The van der Waals surface area contributed by atoms with Crippen molar-refractivity contribution in [3.63, 3.8) is 0 Å². The average molecular weight is 270 g/mol. The highest BCUT2D eigenvalue weighted by atomic mass is 19.1. The van der Waals surface area contributed by atoms with Gasteiger partial charge in [0, 0.05) is 11.6 Å². The molecule has 0 atom stereocenters. The van der Waals surface area contributed by atoms with E-state index >= 15 is 0 Å². The summed E-state index contributed by atoms with van der Waals surface area (Å²) in [5, 5.41) is 9.73. The normalized spacial score (nSPS) is 10.8. The molecule has 2 aromatic carbocycles. The predicted molar refractivity (Wildman–Crippen MR) is 74.4 cm³/mol. The van der Waals surface area contributed by atoms with E-state index in [0.29, 0.717) is 5.56 Å². The van der Waals surface area contributed by atoms with Gasteiger partial charge >= 0.3 is 0 Å². The Morgan fingerprint density at radius 3 is 2.55 bits per heavy atom. The highest BCUT2D eigenvalue weighted by molar-refractivity contribution is 5.81. The largest absolute Gasteiger partial charge is 0.508 e. The summed E-state index contributed by atoms with van der Waals surface area (Å²) in [5.41, 5.74) is 0.454. The fraction of sp³-hybridized carbons (Fsp3) is 0.0625. The number of phenols is 1. The quantitative estimate of drug-likeness (QED) is 0.773. The van der Waals surface area contributed by atoms with E-state index < -0.39 is 12.1 Å². The highest BCUT2D eigenvalue weighted by Crippen LogP contribution is 2.27. The number of aromatic hydroxyl groups is 1. The molecule has 4 heteroatoms. The monoisotopic (exact) mass is 270 g/mol. The molecule has 1 aromatic heterocycles. The van der Waals surface area contributed by atoms with Crippen LogP contribution in [0.4, 0.5) is 4.39 Å². The molecule has 0 bridgehead atoms. The molecule has 100 valence electrons. The fourth-order valence-corrected chi connectivity index (χ4v) is 2.16. The molecule has 1 N–H and O–H groups in total. The van der Waals surface area contributed by atoms with Crippen molar-refractivity contribution >= 4 is 11.0 Å². The van der Waals surface area contributed by atoms with Crippen LogP contribution in [0.15, 0.2) is 57.7 Å². The van der Waals surface area contributed by atoms with Gasteiger partial charge in [-0.05, 0) is 12.1 Å². The maximum Gasteiger partial charge on any atom is 0.199 e. The standard InChI is InChI=1S/C16H11FO3/c17-9-13-15(19)12-7-6-11(18)8-14(12)20-16(13)10-4-2-1-3-5-10/h1-8,18H,9H2. The molecule has 0 fully saturated rings. The molecule has 0 saturated heterocycles. The summed E-state index contributed by atoms with van der Waals surface area (Å²) in [4.78, 5) is 12.3. The minimum atomic E-state index is -0.899. The Hall–Kier alpha value is -2.62. The van der Waals surface area contributed by atoms with Gasteiger partial charge in [-0.2, -0.15) is 0 Å². The van der Waals surface area contributed by atoms with Gasteiger partial charge in [-0.3, -0.25) is 4.79 Å². The maximum atomic E-state index is 13.2. The third kappa shape index (κ3) is 1.95. The summed E-state index contributed by atoms with van der Waals surface area (Å²) >= 11 is 0. The van der Waals surface area contributed by atoms with Gasteiger partial charge in [-0.1, -0.05) is 30.3 Å². The van der Waals surface area contributed by atoms with Gasteiger partial charge in [-0.25, -0.2) is 4.39 Å². The first-order valence-corrected chi connectivity index (χ1v) is 6.11. The Bertz CT molecular complexity index is 822. The number of rotatable bonds is 2. The first kappa shape index (κ1) is 12.4. The van der Waals surface area contributed by atoms with Gasteiger partial charge in [0.1, 0.15) is 23.8 Å². The van der Waals surface area contributed by atoms with Crippen molar-refractivity contribution in [2.24, 2.45) is 0 Å². The van der Waals surface area contributed by atoms with E-state index in [0.717, 1.165) is 0 Å². The summed E-state index contributed by atoms with van der Waals surface area (Å²) in [6, 6.07) is 13.0. The van der Waals surface area contributed by atoms with E-state index in [-0.39, 0.29) is 28.0 Å². The predicted octanol–water partition coefficient (Wildman–Crippen LogP) is 3.64. The number of fused-ring (bicyclic) bond motifs is 1. The minimum Gasteiger partial charge on any atom is -0.508 e. The van der Waals surface area contributed by atoms with Gasteiger partial charge in [0.2, 0.25) is 0 Å². The zero-order chi connectivity index (χ0) is 14.1. The maximum absolute atomic E-state index is 13.2. The summed E-state index contributed by atoms with van der Waals surface area (Å²) in [5.74, 6) is 0.198. The lowest BCUT2D eigenvalue weighted by atomic mass is 10.1. The van der Waals surface area contributed by atoms with Crippen LogP contribution in [0.1, 0.15) is 5.56 Å². The molecule has 3 nitrogen and oxygen atoms in total. The smallest absolute Gasteiger partial charge is 0.199 e. The van der Waals surface area contributed by atoms with E-state index in [9.17, 15) is 14.3 Å². The van der Waals surface area contributed by atoms with Gasteiger partial charge < -0.3 is 9.52 Å². The second kappa shape index (κ2) is 4.81. The third-order valence-corrected chi connectivity index (χ3v) is 3.14. The lowest BCUT2D eigenvalue weighted by Gasteiger charge is -2.08. The van der Waals surface area contributed by atoms with Crippen molar-refractivity contribution < 1.29 is 13.9 Å². The van der Waals surface area contributed by atoms with Crippen molar-refractivity contribution in [3.05, 3.63) is 64.3 Å². The molecule has 0 aliphatic heterocycles. The minimum absolute atomic E-state index is 0.00519. The van der Waals surface area contributed by atoms with E-state index in [4.69, 9.17) is 4.42 Å². The summed E-state index contributed by atoms with van der Waals surface area (Å²) < 4.78 is 18.9. The highest BCUT2D eigenvalue weighted by Gasteiger charge is 2.15. The molecule has 0 amide bonds. The van der Waals surface area contributed by atoms with Crippen LogP contribution in [0.3, 0.4) is 0 Å². The number of halogens is 1. The van der Waals surface area contributed by atoms with Crippen molar-refractivity contribution in [3.8, 4) is 17.1 Å². The molecule has 1 heterocycles. The second-order valence-corrected chi connectivity index (χ2v) is 4.42. The van der Waals surface area contributed by atoms with Gasteiger partial charge in [0.05, 0.1) is 10.9 Å². The fourth-order valence-electron chi connectivity index (χ4n) is 2.16. The molecular weight excluding hydrogens is 259 g/mol. The van der Waals surface area contributed by atoms with Gasteiger partial charge in [0.25, 0.3) is 0 Å². The molecule has 3 aromatic rings. The number of hydrogen-bond donors (Lipinski definition) is 1. The van der Waals surface area contributed by atoms with Crippen molar-refractivity contribution in [2.75, 3.05) is 0 Å². The van der Waals surface area contributed by atoms with Crippen molar-refractivity contribution in [1.82, 2.24) is 0 Å². The molecule has 0 unspecified atom stereocenters. The van der Waals surface area contributed by atoms with Crippen LogP contribution in [0, 0.1) is 0 Å². The van der Waals surface area contributed by atoms with Crippen LogP contribution in [0.5, 0.6) is 5.75 Å².